The van der Waals surface area contributed by atoms with E-state index >= 15 is 0 Å². The number of thiazole rings is 1. The Hall–Kier alpha value is -5.74. The normalized spacial score (nSPS) is 18.0. The van der Waals surface area contributed by atoms with Crippen molar-refractivity contribution in [1.29, 1.82) is 5.26 Å². The van der Waals surface area contributed by atoms with Crippen LogP contribution in [-0.4, -0.2) is 93.7 Å². The maximum absolute atomic E-state index is 14.0. The number of ketones is 1. The molecule has 13 nitrogen and oxygen atoms in total. The van der Waals surface area contributed by atoms with Crippen LogP contribution in [0, 0.1) is 23.7 Å². The van der Waals surface area contributed by atoms with Gasteiger partial charge in [0.05, 0.1) is 57.7 Å². The Morgan fingerprint density at radius 3 is 2.33 bits per heavy atom. The molecular weight excluding hydrogens is 870 g/mol. The molecule has 1 aromatic heterocycles. The quantitative estimate of drug-likeness (QED) is 0.0931. The summed E-state index contributed by atoms with van der Waals surface area (Å²) < 4.78 is 52.5. The number of anilines is 2. The zero-order chi connectivity index (χ0) is 46.7. The molecule has 0 bridgehead atoms. The molecule has 18 heteroatoms. The summed E-state index contributed by atoms with van der Waals surface area (Å²) in [4.78, 5) is 63.5. The summed E-state index contributed by atoms with van der Waals surface area (Å²) >= 11 is 7.17. The highest BCUT2D eigenvalue weighted by molar-refractivity contribution is 7.81. The van der Waals surface area contributed by atoms with Gasteiger partial charge >= 0.3 is 6.18 Å². The van der Waals surface area contributed by atoms with Gasteiger partial charge in [0.1, 0.15) is 30.5 Å². The zero-order valence-corrected chi connectivity index (χ0v) is 37.8. The van der Waals surface area contributed by atoms with E-state index in [1.807, 2.05) is 31.2 Å². The van der Waals surface area contributed by atoms with Crippen molar-refractivity contribution in [3.05, 3.63) is 94.6 Å². The lowest BCUT2D eigenvalue weighted by Crippen LogP contribution is -2.57. The van der Waals surface area contributed by atoms with E-state index in [4.69, 9.17) is 21.7 Å². The van der Waals surface area contributed by atoms with Crippen molar-refractivity contribution in [3.8, 4) is 22.3 Å². The van der Waals surface area contributed by atoms with Gasteiger partial charge < -0.3 is 29.7 Å². The number of nitrogens with one attached hydrogen (secondary N) is 1. The molecule has 6 rings (SSSR count). The minimum absolute atomic E-state index is 0.00299. The molecule has 3 atom stereocenters. The number of aliphatic hydroxyl groups is 1. The van der Waals surface area contributed by atoms with Crippen molar-refractivity contribution in [1.82, 2.24) is 15.2 Å². The smallest absolute Gasteiger partial charge is 0.417 e. The average Bonchev–Trinajstić information content (AvgIpc) is 3.90. The number of hydrogen-bond acceptors (Lipinski definition) is 11. The Kier molecular flexibility index (Phi) is 14.3. The van der Waals surface area contributed by atoms with Crippen LogP contribution in [0.5, 0.6) is 5.75 Å². The molecule has 2 N–H and O–H groups in total. The van der Waals surface area contributed by atoms with Crippen LogP contribution in [0.2, 0.25) is 0 Å². The Morgan fingerprint density at radius 2 is 1.72 bits per heavy atom. The number of benzene rings is 3. The Bertz CT molecular complexity index is 2440. The fourth-order valence-corrected chi connectivity index (χ4v) is 9.08. The summed E-state index contributed by atoms with van der Waals surface area (Å²) in [6.45, 7) is 10.2. The molecule has 2 aliphatic rings. The van der Waals surface area contributed by atoms with Crippen LogP contribution in [0.1, 0.15) is 69.8 Å². The van der Waals surface area contributed by atoms with Crippen LogP contribution in [-0.2, 0) is 36.5 Å². The van der Waals surface area contributed by atoms with Crippen molar-refractivity contribution in [2.75, 3.05) is 36.2 Å². The first-order chi connectivity index (χ1) is 30.1. The lowest BCUT2D eigenvalue weighted by Gasteiger charge is -2.35. The number of alkyl halides is 3. The van der Waals surface area contributed by atoms with Gasteiger partial charge in [0.15, 0.2) is 10.9 Å². The first-order valence-corrected chi connectivity index (χ1v) is 21.8. The van der Waals surface area contributed by atoms with E-state index in [1.165, 1.54) is 21.9 Å². The SMILES string of the molecule is Cc1ncsc1-c1ccc(CCC(=O)[C@@H]2C[C@@H](O)CN2C(=O)[C@@H](NC(=O)COCCOc2ccc(N3C(=S)N(c4ccc(C#N)c(C(F)(F)F)c4)C(=O)C3(C)C)cc2)C(C)(C)C)cc1. The van der Waals surface area contributed by atoms with Crippen LogP contribution in [0.25, 0.3) is 10.4 Å². The van der Waals surface area contributed by atoms with Gasteiger partial charge in [-0.25, -0.2) is 4.98 Å². The van der Waals surface area contributed by atoms with E-state index < -0.39 is 64.2 Å². The fourth-order valence-electron chi connectivity index (χ4n) is 7.75. The molecule has 2 saturated heterocycles. The molecule has 0 spiro atoms. The van der Waals surface area contributed by atoms with Crippen LogP contribution in [0.15, 0.2) is 72.2 Å². The maximum Gasteiger partial charge on any atom is 0.417 e. The maximum atomic E-state index is 14.0. The monoisotopic (exact) mass is 918 g/mol. The van der Waals surface area contributed by atoms with Crippen molar-refractivity contribution in [2.24, 2.45) is 5.41 Å². The van der Waals surface area contributed by atoms with E-state index in [1.54, 1.807) is 75.7 Å². The highest BCUT2D eigenvalue weighted by Gasteiger charge is 2.51. The number of amides is 3. The predicted molar refractivity (Wildman–Crippen MR) is 239 cm³/mol. The number of ether oxygens (including phenoxy) is 2. The zero-order valence-electron chi connectivity index (χ0n) is 36.2. The number of carbonyl (C=O) groups is 4. The number of likely N-dealkylation sites (tertiary alicyclic amines) is 1. The van der Waals surface area contributed by atoms with E-state index in [-0.39, 0.29) is 55.8 Å². The predicted octanol–water partition coefficient (Wildman–Crippen LogP) is 7.02. The summed E-state index contributed by atoms with van der Waals surface area (Å²) in [7, 11) is 0. The van der Waals surface area contributed by atoms with Crippen LogP contribution < -0.4 is 19.9 Å². The highest BCUT2D eigenvalue weighted by Crippen LogP contribution is 2.40. The number of β-amino-alcohol motifs (C(OH)–C–C–N with tert-alkyl or cyclic N) is 1. The number of carbonyl (C=O) groups excluding carboxylic acids is 4. The van der Waals surface area contributed by atoms with Gasteiger partial charge in [0.2, 0.25) is 11.8 Å². The van der Waals surface area contributed by atoms with E-state index in [0.717, 1.165) is 38.7 Å². The molecule has 0 unspecified atom stereocenters. The molecule has 3 amide bonds. The summed E-state index contributed by atoms with van der Waals surface area (Å²) in [5.74, 6) is -1.33. The number of aliphatic hydroxyl groups excluding tert-OH is 1. The first kappa shape index (κ1) is 47.7. The number of aryl methyl sites for hydroxylation is 2. The van der Waals surface area contributed by atoms with Crippen LogP contribution >= 0.6 is 23.6 Å². The first-order valence-electron chi connectivity index (χ1n) is 20.5. The standard InChI is InChI=1S/C46H49F3N6O7S2/c1-27-39(64-26-51-27)29-10-7-28(8-11-29)9-18-37(57)36-22-33(56)24-53(36)41(59)40(44(2,3)4)52-38(58)25-61-19-20-62-34-16-14-31(15-17-34)55-43(63)54(42(60)45(55,5)6)32-13-12-30(23-50)35(21-32)46(47,48)49/h7-8,10-17,21,26,33,36,40,56H,9,18-20,22,24-25H2,1-6H3,(H,52,58)/t33-,36+,40-/m1/s1. The van der Waals surface area contributed by atoms with Gasteiger partial charge in [-0.2, -0.15) is 18.4 Å². The van der Waals surface area contributed by atoms with E-state index in [9.17, 15) is 42.7 Å². The highest BCUT2D eigenvalue weighted by atomic mass is 32.1. The van der Waals surface area contributed by atoms with Gasteiger partial charge in [0, 0.05) is 25.1 Å². The third-order valence-electron chi connectivity index (χ3n) is 11.2. The number of Topliss-reactive ketones (excluding diaryl/α,β-unsaturated/α-hetero) is 1. The number of halogens is 3. The van der Waals surface area contributed by atoms with E-state index in [2.05, 4.69) is 10.3 Å². The third-order valence-corrected chi connectivity index (χ3v) is 12.5. The van der Waals surface area contributed by atoms with Gasteiger partial charge in [-0.05, 0) is 98.4 Å². The van der Waals surface area contributed by atoms with Crippen molar-refractivity contribution < 1.29 is 46.9 Å². The average molecular weight is 919 g/mol. The van der Waals surface area contributed by atoms with Crippen molar-refractivity contribution in [3.63, 3.8) is 0 Å². The second kappa shape index (κ2) is 19.2. The number of nitriles is 1. The Morgan fingerprint density at radius 1 is 1.05 bits per heavy atom. The molecular formula is C46H49F3N6O7S2. The minimum atomic E-state index is -4.82. The molecule has 3 heterocycles. The topological polar surface area (TPSA) is 165 Å². The van der Waals surface area contributed by atoms with Crippen molar-refractivity contribution in [2.45, 2.75) is 90.7 Å². The molecule has 338 valence electrons. The lowest BCUT2D eigenvalue weighted by atomic mass is 9.85. The molecule has 0 aliphatic carbocycles. The minimum Gasteiger partial charge on any atom is -0.491 e. The van der Waals surface area contributed by atoms with Crippen molar-refractivity contribution >= 4 is 63.5 Å². The fraction of sp³-hybridized carbons (Fsp3) is 0.413. The number of aromatic nitrogens is 1. The van der Waals surface area contributed by atoms with Gasteiger partial charge in [0.25, 0.3) is 5.91 Å². The second-order valence-corrected chi connectivity index (χ2v) is 18.5. The number of hydrogen-bond donors (Lipinski definition) is 2. The largest absolute Gasteiger partial charge is 0.491 e. The Labute approximate surface area is 378 Å². The lowest BCUT2D eigenvalue weighted by molar-refractivity contribution is -0.144. The van der Waals surface area contributed by atoms with Crippen LogP contribution in [0.3, 0.4) is 0 Å². The van der Waals surface area contributed by atoms with Gasteiger partial charge in [-0.3, -0.25) is 24.1 Å². The van der Waals surface area contributed by atoms with Crippen LogP contribution in [0.4, 0.5) is 24.5 Å². The number of nitrogens with zero attached hydrogens (tertiary/aromatic N) is 5. The second-order valence-electron chi connectivity index (χ2n) is 17.2. The molecule has 64 heavy (non-hydrogen) atoms. The Balaban J connectivity index is 0.989. The number of thiocarbonyl (C=S) groups is 1. The summed E-state index contributed by atoms with van der Waals surface area (Å²) in [5, 5.41) is 22.5. The molecule has 4 aromatic rings. The molecule has 0 radical (unpaired) electrons. The summed E-state index contributed by atoms with van der Waals surface area (Å²) in [5.41, 5.74) is 1.35. The summed E-state index contributed by atoms with van der Waals surface area (Å²) in [6.07, 6.45) is -4.95. The van der Waals surface area contributed by atoms with Gasteiger partial charge in [-0.1, -0.05) is 45.0 Å². The van der Waals surface area contributed by atoms with E-state index in [0.29, 0.717) is 17.9 Å². The molecule has 2 aliphatic heterocycles. The molecule has 0 saturated carbocycles. The summed E-state index contributed by atoms with van der Waals surface area (Å²) in [6, 6.07) is 17.1. The number of rotatable bonds is 15. The van der Waals surface area contributed by atoms with Gasteiger partial charge in [-0.15, -0.1) is 11.3 Å². The molecule has 3 aromatic carbocycles. The third kappa shape index (κ3) is 10.4. The molecule has 2 fully saturated rings.